The first-order chi connectivity index (χ1) is 6.72. The average Bonchev–Trinajstić information content (AvgIpc) is 2.59. The van der Waals surface area contributed by atoms with Gasteiger partial charge in [0.15, 0.2) is 0 Å². The third kappa shape index (κ3) is 1.57. The number of aryl methyl sites for hydroxylation is 1. The van der Waals surface area contributed by atoms with Gasteiger partial charge in [-0.05, 0) is 24.7 Å². The number of aromatic nitrogens is 1. The number of fused-ring (bicyclic) bond motifs is 1. The van der Waals surface area contributed by atoms with E-state index >= 15 is 0 Å². The van der Waals surface area contributed by atoms with Crippen molar-refractivity contribution in [1.82, 2.24) is 5.16 Å². The van der Waals surface area contributed by atoms with Gasteiger partial charge in [0, 0.05) is 18.5 Å². The van der Waals surface area contributed by atoms with Crippen molar-refractivity contribution in [3.8, 4) is 0 Å². The largest absolute Gasteiger partial charge is 0.361 e. The number of nitrogens with zero attached hydrogens (tertiary/aromatic N) is 1. The molecule has 1 aliphatic carbocycles. The Bertz CT molecular complexity index is 304. The van der Waals surface area contributed by atoms with Crippen LogP contribution >= 0.6 is 0 Å². The quantitative estimate of drug-likeness (QED) is 0.782. The highest BCUT2D eigenvalue weighted by Gasteiger charge is 2.26. The van der Waals surface area contributed by atoms with E-state index in [-0.39, 0.29) is 0 Å². The highest BCUT2D eigenvalue weighted by Crippen LogP contribution is 2.31. The second kappa shape index (κ2) is 3.73. The fourth-order valence-corrected chi connectivity index (χ4v) is 2.22. The summed E-state index contributed by atoms with van der Waals surface area (Å²) in [6, 6.07) is 0. The molecule has 1 aromatic rings. The van der Waals surface area contributed by atoms with Crippen molar-refractivity contribution in [3.63, 3.8) is 0 Å². The molecule has 1 atom stereocenters. The molecule has 0 aliphatic heterocycles. The monoisotopic (exact) mass is 194 g/mol. The minimum absolute atomic E-state index is 0.504. The smallest absolute Gasteiger partial charge is 0.140 e. The molecule has 3 heteroatoms. The molecular weight excluding hydrogens is 176 g/mol. The maximum Gasteiger partial charge on any atom is 0.140 e. The van der Waals surface area contributed by atoms with Crippen LogP contribution in [0, 0.1) is 11.8 Å². The predicted octanol–water partition coefficient (Wildman–Crippen LogP) is 1.89. The van der Waals surface area contributed by atoms with Crippen molar-refractivity contribution in [2.75, 3.05) is 0 Å². The molecular formula is C11H18N2O. The first kappa shape index (κ1) is 9.71. The van der Waals surface area contributed by atoms with Crippen LogP contribution in [0.1, 0.15) is 37.3 Å². The van der Waals surface area contributed by atoms with Crippen LogP contribution in [0.5, 0.6) is 0 Å². The first-order valence-electron chi connectivity index (χ1n) is 5.38. The van der Waals surface area contributed by atoms with Gasteiger partial charge in [-0.15, -0.1) is 0 Å². The van der Waals surface area contributed by atoms with E-state index in [2.05, 4.69) is 19.0 Å². The Hall–Kier alpha value is -0.830. The molecule has 0 unspecified atom stereocenters. The van der Waals surface area contributed by atoms with Crippen LogP contribution in [0.4, 0.5) is 0 Å². The third-order valence-electron chi connectivity index (χ3n) is 3.30. The van der Waals surface area contributed by atoms with Gasteiger partial charge in [0.25, 0.3) is 0 Å². The summed E-state index contributed by atoms with van der Waals surface area (Å²) in [4.78, 5) is 0. The normalized spacial score (nSPS) is 21.3. The Balaban J connectivity index is 2.23. The highest BCUT2D eigenvalue weighted by atomic mass is 16.5. The minimum atomic E-state index is 0.504. The van der Waals surface area contributed by atoms with E-state index in [0.717, 1.165) is 36.1 Å². The number of nitrogens with two attached hydrogens (primary N) is 1. The highest BCUT2D eigenvalue weighted by molar-refractivity contribution is 5.26. The molecule has 14 heavy (non-hydrogen) atoms. The molecule has 2 rings (SSSR count). The fraction of sp³-hybridized carbons (Fsp3) is 0.727. The molecule has 0 amide bonds. The van der Waals surface area contributed by atoms with Gasteiger partial charge in [-0.1, -0.05) is 19.0 Å². The molecule has 0 spiro atoms. The standard InChI is InChI=1S/C11H18N2O/c1-7(2)8-3-4-11-9(5-8)10(6-12)13-14-11/h7-8H,3-6,12H2,1-2H3/t8-/m0/s1. The summed E-state index contributed by atoms with van der Waals surface area (Å²) < 4.78 is 5.28. The van der Waals surface area contributed by atoms with Gasteiger partial charge in [-0.2, -0.15) is 0 Å². The lowest BCUT2D eigenvalue weighted by Crippen LogP contribution is -2.19. The van der Waals surface area contributed by atoms with Crippen LogP contribution < -0.4 is 5.73 Å². The molecule has 1 heterocycles. The molecule has 0 saturated heterocycles. The van der Waals surface area contributed by atoms with Crippen molar-refractivity contribution >= 4 is 0 Å². The summed E-state index contributed by atoms with van der Waals surface area (Å²) in [7, 11) is 0. The molecule has 3 nitrogen and oxygen atoms in total. The van der Waals surface area contributed by atoms with Crippen molar-refractivity contribution in [3.05, 3.63) is 17.0 Å². The Labute approximate surface area is 84.7 Å². The van der Waals surface area contributed by atoms with Crippen LogP contribution in [-0.2, 0) is 19.4 Å². The van der Waals surface area contributed by atoms with Crippen molar-refractivity contribution in [2.45, 2.75) is 39.7 Å². The average molecular weight is 194 g/mol. The molecule has 0 bridgehead atoms. The lowest BCUT2D eigenvalue weighted by molar-refractivity contribution is 0.305. The molecule has 0 saturated carbocycles. The summed E-state index contributed by atoms with van der Waals surface area (Å²) in [6.07, 6.45) is 3.36. The summed E-state index contributed by atoms with van der Waals surface area (Å²) >= 11 is 0. The lowest BCUT2D eigenvalue weighted by atomic mass is 9.80. The van der Waals surface area contributed by atoms with E-state index in [9.17, 15) is 0 Å². The van der Waals surface area contributed by atoms with E-state index in [1.807, 2.05) is 0 Å². The molecule has 0 aromatic carbocycles. The molecule has 1 aliphatic rings. The second-order valence-corrected chi connectivity index (χ2v) is 4.48. The number of hydrogen-bond donors (Lipinski definition) is 1. The van der Waals surface area contributed by atoms with Crippen LogP contribution in [-0.4, -0.2) is 5.16 Å². The van der Waals surface area contributed by atoms with Gasteiger partial charge < -0.3 is 10.3 Å². The molecule has 2 N–H and O–H groups in total. The van der Waals surface area contributed by atoms with Crippen molar-refractivity contribution < 1.29 is 4.52 Å². The summed E-state index contributed by atoms with van der Waals surface area (Å²) in [5.41, 5.74) is 7.87. The zero-order chi connectivity index (χ0) is 10.1. The van der Waals surface area contributed by atoms with Gasteiger partial charge in [-0.3, -0.25) is 0 Å². The zero-order valence-electron chi connectivity index (χ0n) is 8.92. The maximum absolute atomic E-state index is 5.62. The Morgan fingerprint density at radius 3 is 3.00 bits per heavy atom. The van der Waals surface area contributed by atoms with E-state index < -0.39 is 0 Å². The minimum Gasteiger partial charge on any atom is -0.361 e. The molecule has 78 valence electrons. The topological polar surface area (TPSA) is 52.0 Å². The van der Waals surface area contributed by atoms with E-state index in [4.69, 9.17) is 10.3 Å². The molecule has 0 radical (unpaired) electrons. The SMILES string of the molecule is CC(C)[C@H]1CCc2onc(CN)c2C1. The van der Waals surface area contributed by atoms with Crippen LogP contribution in [0.2, 0.25) is 0 Å². The first-order valence-corrected chi connectivity index (χ1v) is 5.38. The van der Waals surface area contributed by atoms with Crippen molar-refractivity contribution in [2.24, 2.45) is 17.6 Å². The van der Waals surface area contributed by atoms with E-state index in [1.54, 1.807) is 0 Å². The number of rotatable bonds is 2. The van der Waals surface area contributed by atoms with Gasteiger partial charge in [-0.25, -0.2) is 0 Å². The van der Waals surface area contributed by atoms with Gasteiger partial charge in [0.05, 0.1) is 0 Å². The summed E-state index contributed by atoms with van der Waals surface area (Å²) in [5, 5.41) is 4.01. The van der Waals surface area contributed by atoms with E-state index in [1.165, 1.54) is 12.0 Å². The van der Waals surface area contributed by atoms with Crippen LogP contribution in [0.3, 0.4) is 0 Å². The molecule has 0 fully saturated rings. The summed E-state index contributed by atoms with van der Waals surface area (Å²) in [5.74, 6) is 2.58. The molecule has 1 aromatic heterocycles. The van der Waals surface area contributed by atoms with Crippen molar-refractivity contribution in [1.29, 1.82) is 0 Å². The predicted molar refractivity (Wildman–Crippen MR) is 54.7 cm³/mol. The Morgan fingerprint density at radius 2 is 2.36 bits per heavy atom. The Morgan fingerprint density at radius 1 is 1.57 bits per heavy atom. The second-order valence-electron chi connectivity index (χ2n) is 4.48. The summed E-state index contributed by atoms with van der Waals surface area (Å²) in [6.45, 7) is 5.07. The van der Waals surface area contributed by atoms with Gasteiger partial charge >= 0.3 is 0 Å². The maximum atomic E-state index is 5.62. The van der Waals surface area contributed by atoms with Crippen LogP contribution in [0.25, 0.3) is 0 Å². The van der Waals surface area contributed by atoms with Crippen LogP contribution in [0.15, 0.2) is 4.52 Å². The van der Waals surface area contributed by atoms with Gasteiger partial charge in [0.1, 0.15) is 11.5 Å². The number of hydrogen-bond acceptors (Lipinski definition) is 3. The zero-order valence-corrected chi connectivity index (χ0v) is 8.92. The lowest BCUT2D eigenvalue weighted by Gasteiger charge is -2.24. The Kier molecular flexibility index (Phi) is 2.59. The third-order valence-corrected chi connectivity index (χ3v) is 3.30. The van der Waals surface area contributed by atoms with Gasteiger partial charge in [0.2, 0.25) is 0 Å². The van der Waals surface area contributed by atoms with E-state index in [0.29, 0.717) is 6.54 Å². The fourth-order valence-electron chi connectivity index (χ4n) is 2.22.